The standard InChI is InChI=1S/C14H23N/c1-6-15-10-14(4,5)13-8-7-11(2)12(3)9-13/h7-9,15H,6,10H2,1-5H3. The number of nitrogens with one attached hydrogen (secondary N) is 1. The molecule has 0 atom stereocenters. The molecule has 0 bridgehead atoms. The highest BCUT2D eigenvalue weighted by Crippen LogP contribution is 2.24. The monoisotopic (exact) mass is 205 g/mol. The van der Waals surface area contributed by atoms with Crippen LogP contribution in [0, 0.1) is 13.8 Å². The molecule has 0 heterocycles. The second kappa shape index (κ2) is 4.80. The molecule has 84 valence electrons. The number of rotatable bonds is 4. The van der Waals surface area contributed by atoms with E-state index in [1.165, 1.54) is 16.7 Å². The summed E-state index contributed by atoms with van der Waals surface area (Å²) < 4.78 is 0. The molecule has 0 aliphatic carbocycles. The van der Waals surface area contributed by atoms with Gasteiger partial charge in [-0.3, -0.25) is 0 Å². The van der Waals surface area contributed by atoms with Crippen LogP contribution in [0.3, 0.4) is 0 Å². The zero-order valence-electron chi connectivity index (χ0n) is 10.6. The molecule has 0 spiro atoms. The topological polar surface area (TPSA) is 12.0 Å². The Morgan fingerprint density at radius 2 is 1.80 bits per heavy atom. The van der Waals surface area contributed by atoms with E-state index in [2.05, 4.69) is 58.1 Å². The van der Waals surface area contributed by atoms with Gasteiger partial charge >= 0.3 is 0 Å². The van der Waals surface area contributed by atoms with E-state index in [1.807, 2.05) is 0 Å². The number of benzene rings is 1. The quantitative estimate of drug-likeness (QED) is 0.796. The van der Waals surface area contributed by atoms with Gasteiger partial charge in [-0.15, -0.1) is 0 Å². The van der Waals surface area contributed by atoms with Gasteiger partial charge in [0, 0.05) is 12.0 Å². The van der Waals surface area contributed by atoms with Gasteiger partial charge in [0.1, 0.15) is 0 Å². The molecule has 15 heavy (non-hydrogen) atoms. The fourth-order valence-electron chi connectivity index (χ4n) is 1.70. The van der Waals surface area contributed by atoms with E-state index in [0.717, 1.165) is 13.1 Å². The summed E-state index contributed by atoms with van der Waals surface area (Å²) in [5.74, 6) is 0. The molecule has 0 radical (unpaired) electrons. The van der Waals surface area contributed by atoms with Gasteiger partial charge in [-0.25, -0.2) is 0 Å². The van der Waals surface area contributed by atoms with Crippen molar-refractivity contribution in [3.8, 4) is 0 Å². The molecule has 1 N–H and O–H groups in total. The lowest BCUT2D eigenvalue weighted by molar-refractivity contribution is 0.477. The van der Waals surface area contributed by atoms with Gasteiger partial charge < -0.3 is 5.32 Å². The zero-order chi connectivity index (χ0) is 11.5. The molecule has 1 rings (SSSR count). The van der Waals surface area contributed by atoms with Crippen molar-refractivity contribution in [3.05, 3.63) is 34.9 Å². The first-order valence-corrected chi connectivity index (χ1v) is 5.76. The fraction of sp³-hybridized carbons (Fsp3) is 0.571. The van der Waals surface area contributed by atoms with E-state index >= 15 is 0 Å². The lowest BCUT2D eigenvalue weighted by Gasteiger charge is -2.26. The third-order valence-electron chi connectivity index (χ3n) is 3.11. The van der Waals surface area contributed by atoms with Crippen molar-refractivity contribution < 1.29 is 0 Å². The lowest BCUT2D eigenvalue weighted by Crippen LogP contribution is -2.32. The Kier molecular flexibility index (Phi) is 3.92. The number of hydrogen-bond donors (Lipinski definition) is 1. The first kappa shape index (κ1) is 12.3. The van der Waals surface area contributed by atoms with Gasteiger partial charge in [-0.05, 0) is 37.1 Å². The zero-order valence-corrected chi connectivity index (χ0v) is 10.6. The predicted molar refractivity (Wildman–Crippen MR) is 67.5 cm³/mol. The molecule has 0 aromatic heterocycles. The average molecular weight is 205 g/mol. The maximum Gasteiger partial charge on any atom is 0.00430 e. The van der Waals surface area contributed by atoms with E-state index in [0.29, 0.717) is 0 Å². The largest absolute Gasteiger partial charge is 0.316 e. The summed E-state index contributed by atoms with van der Waals surface area (Å²) in [7, 11) is 0. The molecule has 1 aromatic carbocycles. The van der Waals surface area contributed by atoms with Crippen LogP contribution in [0.15, 0.2) is 18.2 Å². The van der Waals surface area contributed by atoms with Gasteiger partial charge in [0.05, 0.1) is 0 Å². The lowest BCUT2D eigenvalue weighted by atomic mass is 9.83. The first-order valence-electron chi connectivity index (χ1n) is 5.76. The highest BCUT2D eigenvalue weighted by atomic mass is 14.9. The van der Waals surface area contributed by atoms with Crippen molar-refractivity contribution in [3.63, 3.8) is 0 Å². The SMILES string of the molecule is CCNCC(C)(C)c1ccc(C)c(C)c1. The van der Waals surface area contributed by atoms with Crippen LogP contribution in [-0.2, 0) is 5.41 Å². The van der Waals surface area contributed by atoms with E-state index in [9.17, 15) is 0 Å². The van der Waals surface area contributed by atoms with Crippen LogP contribution in [0.5, 0.6) is 0 Å². The number of likely N-dealkylation sites (N-methyl/N-ethyl adjacent to an activating group) is 1. The van der Waals surface area contributed by atoms with E-state index < -0.39 is 0 Å². The summed E-state index contributed by atoms with van der Waals surface area (Å²) in [6.07, 6.45) is 0. The van der Waals surface area contributed by atoms with Crippen molar-refractivity contribution in [1.82, 2.24) is 5.32 Å². The third-order valence-corrected chi connectivity index (χ3v) is 3.11. The van der Waals surface area contributed by atoms with Gasteiger partial charge in [0.2, 0.25) is 0 Å². The molecule has 0 unspecified atom stereocenters. The minimum Gasteiger partial charge on any atom is -0.316 e. The molecule has 1 heteroatoms. The van der Waals surface area contributed by atoms with Crippen LogP contribution < -0.4 is 5.32 Å². The van der Waals surface area contributed by atoms with Crippen LogP contribution >= 0.6 is 0 Å². The summed E-state index contributed by atoms with van der Waals surface area (Å²) >= 11 is 0. The van der Waals surface area contributed by atoms with Gasteiger partial charge in [0.25, 0.3) is 0 Å². The van der Waals surface area contributed by atoms with Crippen molar-refractivity contribution in [2.75, 3.05) is 13.1 Å². The number of aryl methyl sites for hydroxylation is 2. The van der Waals surface area contributed by atoms with Crippen LogP contribution in [0.1, 0.15) is 37.5 Å². The molecule has 0 saturated heterocycles. The minimum atomic E-state index is 0.217. The Morgan fingerprint density at radius 1 is 1.13 bits per heavy atom. The second-order valence-electron chi connectivity index (χ2n) is 4.96. The fourth-order valence-corrected chi connectivity index (χ4v) is 1.70. The Labute approximate surface area is 93.9 Å². The summed E-state index contributed by atoms with van der Waals surface area (Å²) in [6, 6.07) is 6.78. The molecule has 0 amide bonds. The minimum absolute atomic E-state index is 0.217. The Hall–Kier alpha value is -0.820. The van der Waals surface area contributed by atoms with Crippen LogP contribution in [0.2, 0.25) is 0 Å². The van der Waals surface area contributed by atoms with Crippen molar-refractivity contribution in [2.45, 2.75) is 40.0 Å². The predicted octanol–water partition coefficient (Wildman–Crippen LogP) is 3.19. The summed E-state index contributed by atoms with van der Waals surface area (Å²) in [4.78, 5) is 0. The molecule has 0 saturated carbocycles. The van der Waals surface area contributed by atoms with E-state index in [1.54, 1.807) is 0 Å². The molecule has 0 fully saturated rings. The van der Waals surface area contributed by atoms with Gasteiger partial charge in [-0.1, -0.05) is 39.0 Å². The normalized spacial score (nSPS) is 11.8. The highest BCUT2D eigenvalue weighted by Gasteiger charge is 2.19. The van der Waals surface area contributed by atoms with Crippen LogP contribution in [-0.4, -0.2) is 13.1 Å². The Bertz CT molecular complexity index is 326. The summed E-state index contributed by atoms with van der Waals surface area (Å²) in [6.45, 7) is 13.1. The van der Waals surface area contributed by atoms with Crippen LogP contribution in [0.25, 0.3) is 0 Å². The smallest absolute Gasteiger partial charge is 0.00430 e. The average Bonchev–Trinajstić information content (AvgIpc) is 2.19. The van der Waals surface area contributed by atoms with Crippen LogP contribution in [0.4, 0.5) is 0 Å². The van der Waals surface area contributed by atoms with Gasteiger partial charge in [0.15, 0.2) is 0 Å². The van der Waals surface area contributed by atoms with Gasteiger partial charge in [-0.2, -0.15) is 0 Å². The molecule has 0 aliphatic rings. The second-order valence-corrected chi connectivity index (χ2v) is 4.96. The number of hydrogen-bond acceptors (Lipinski definition) is 1. The van der Waals surface area contributed by atoms with Crippen molar-refractivity contribution in [1.29, 1.82) is 0 Å². The maximum atomic E-state index is 3.42. The Balaban J connectivity index is 2.89. The molecule has 1 aromatic rings. The summed E-state index contributed by atoms with van der Waals surface area (Å²) in [5, 5.41) is 3.42. The van der Waals surface area contributed by atoms with E-state index in [-0.39, 0.29) is 5.41 Å². The third kappa shape index (κ3) is 3.07. The molecule has 1 nitrogen and oxygen atoms in total. The van der Waals surface area contributed by atoms with Crippen molar-refractivity contribution in [2.24, 2.45) is 0 Å². The molecular weight excluding hydrogens is 182 g/mol. The highest BCUT2D eigenvalue weighted by molar-refractivity contribution is 5.34. The van der Waals surface area contributed by atoms with Crippen molar-refractivity contribution >= 4 is 0 Å². The Morgan fingerprint density at radius 3 is 2.33 bits per heavy atom. The molecule has 0 aliphatic heterocycles. The molecular formula is C14H23N. The summed E-state index contributed by atoms with van der Waals surface area (Å²) in [5.41, 5.74) is 4.40. The first-order chi connectivity index (χ1) is 6.97. The van der Waals surface area contributed by atoms with E-state index in [4.69, 9.17) is 0 Å². The maximum absolute atomic E-state index is 3.42.